The van der Waals surface area contributed by atoms with Crippen molar-refractivity contribution in [3.05, 3.63) is 52.8 Å². The van der Waals surface area contributed by atoms with Crippen molar-refractivity contribution in [2.45, 2.75) is 26.3 Å². The first kappa shape index (κ1) is 18.2. The second-order valence-corrected chi connectivity index (χ2v) is 6.73. The minimum absolute atomic E-state index is 0.0550. The lowest BCUT2D eigenvalue weighted by Crippen LogP contribution is -2.48. The van der Waals surface area contributed by atoms with Crippen molar-refractivity contribution in [1.82, 2.24) is 19.6 Å². The molecule has 1 amide bonds. The molecule has 0 saturated carbocycles. The molecule has 0 spiro atoms. The van der Waals surface area contributed by atoms with E-state index in [9.17, 15) is 10.1 Å². The molecule has 1 aliphatic heterocycles. The average Bonchev–Trinajstić information content (AvgIpc) is 3.03. The van der Waals surface area contributed by atoms with Gasteiger partial charge in [0.1, 0.15) is 5.69 Å². The lowest BCUT2D eigenvalue weighted by molar-refractivity contribution is 0.0617. The highest BCUT2D eigenvalue weighted by molar-refractivity contribution is 5.92. The number of carbonyl (C=O) groups is 1. The van der Waals surface area contributed by atoms with Gasteiger partial charge in [-0.25, -0.2) is 0 Å². The predicted octanol–water partition coefficient (Wildman–Crippen LogP) is 2.20. The van der Waals surface area contributed by atoms with E-state index in [0.717, 1.165) is 49.3 Å². The smallest absolute Gasteiger partial charge is 0.272 e. The van der Waals surface area contributed by atoms with Crippen LogP contribution in [0.5, 0.6) is 0 Å². The number of benzene rings is 1. The van der Waals surface area contributed by atoms with Gasteiger partial charge in [0, 0.05) is 39.8 Å². The number of aromatic nitrogens is 2. The van der Waals surface area contributed by atoms with Crippen molar-refractivity contribution in [1.29, 1.82) is 5.26 Å². The number of carbonyl (C=O) groups excluding carboxylic acids is 1. The maximum Gasteiger partial charge on any atom is 0.272 e. The molecule has 1 aromatic heterocycles. The van der Waals surface area contributed by atoms with Gasteiger partial charge in [-0.1, -0.05) is 31.5 Å². The second kappa shape index (κ2) is 8.15. The Morgan fingerprint density at radius 2 is 1.96 bits per heavy atom. The molecule has 0 unspecified atom stereocenters. The van der Waals surface area contributed by atoms with E-state index in [1.807, 2.05) is 42.3 Å². The summed E-state index contributed by atoms with van der Waals surface area (Å²) >= 11 is 0. The monoisotopic (exact) mass is 351 g/mol. The number of amides is 1. The average molecular weight is 351 g/mol. The van der Waals surface area contributed by atoms with E-state index in [1.54, 1.807) is 4.68 Å². The summed E-state index contributed by atoms with van der Waals surface area (Å²) < 4.78 is 1.70. The van der Waals surface area contributed by atoms with E-state index in [1.165, 1.54) is 0 Å². The van der Waals surface area contributed by atoms with Gasteiger partial charge in [-0.2, -0.15) is 10.4 Å². The Hall–Kier alpha value is -2.65. The number of hydrogen-bond acceptors (Lipinski definition) is 4. The van der Waals surface area contributed by atoms with Crippen molar-refractivity contribution < 1.29 is 4.79 Å². The fraction of sp³-hybridized carbons (Fsp3) is 0.450. The summed E-state index contributed by atoms with van der Waals surface area (Å²) in [5.74, 6) is 0.0550. The third kappa shape index (κ3) is 3.94. The van der Waals surface area contributed by atoms with E-state index in [-0.39, 0.29) is 5.91 Å². The van der Waals surface area contributed by atoms with Crippen LogP contribution >= 0.6 is 0 Å². The summed E-state index contributed by atoms with van der Waals surface area (Å²) in [4.78, 5) is 17.0. The van der Waals surface area contributed by atoms with Crippen molar-refractivity contribution in [2.24, 2.45) is 7.05 Å². The van der Waals surface area contributed by atoms with Crippen LogP contribution in [0.1, 0.15) is 40.7 Å². The van der Waals surface area contributed by atoms with Crippen LogP contribution in [0.25, 0.3) is 0 Å². The topological polar surface area (TPSA) is 65.2 Å². The van der Waals surface area contributed by atoms with Crippen LogP contribution in [0, 0.1) is 11.3 Å². The summed E-state index contributed by atoms with van der Waals surface area (Å²) in [5, 5.41) is 13.7. The molecular weight excluding hydrogens is 326 g/mol. The molecule has 3 rings (SSSR count). The second-order valence-electron chi connectivity index (χ2n) is 6.73. The van der Waals surface area contributed by atoms with Gasteiger partial charge in [0.2, 0.25) is 0 Å². The normalized spacial score (nSPS) is 15.0. The van der Waals surface area contributed by atoms with Gasteiger partial charge in [0.05, 0.1) is 17.3 Å². The number of rotatable bonds is 5. The number of nitriles is 1. The molecule has 136 valence electrons. The molecule has 26 heavy (non-hydrogen) atoms. The Bertz CT molecular complexity index is 812. The summed E-state index contributed by atoms with van der Waals surface area (Å²) in [6.07, 6.45) is 1.92. The number of piperazine rings is 1. The number of nitrogens with zero attached hydrogens (tertiary/aromatic N) is 5. The minimum Gasteiger partial charge on any atom is -0.335 e. The van der Waals surface area contributed by atoms with Crippen molar-refractivity contribution >= 4 is 5.91 Å². The lowest BCUT2D eigenvalue weighted by Gasteiger charge is -2.34. The molecule has 0 atom stereocenters. The van der Waals surface area contributed by atoms with Gasteiger partial charge in [0.25, 0.3) is 5.91 Å². The van der Waals surface area contributed by atoms with Crippen LogP contribution in [0.4, 0.5) is 0 Å². The molecule has 1 saturated heterocycles. The summed E-state index contributed by atoms with van der Waals surface area (Å²) in [6.45, 7) is 5.87. The molecule has 1 aromatic carbocycles. The standard InChI is InChI=1S/C20H25N5O/c1-3-6-18-13-19(23(2)22-18)20(26)25-11-9-24(10-12-25)15-17-8-5-4-7-16(17)14-21/h4-5,7-8,13H,3,6,9-12,15H2,1-2H3. The number of aryl methyl sites for hydroxylation is 2. The Balaban J connectivity index is 1.60. The molecule has 2 heterocycles. The fourth-order valence-electron chi connectivity index (χ4n) is 3.38. The molecule has 2 aromatic rings. The van der Waals surface area contributed by atoms with E-state index in [2.05, 4.69) is 23.0 Å². The van der Waals surface area contributed by atoms with E-state index < -0.39 is 0 Å². The third-order valence-corrected chi connectivity index (χ3v) is 4.85. The van der Waals surface area contributed by atoms with E-state index in [0.29, 0.717) is 18.8 Å². The zero-order chi connectivity index (χ0) is 18.5. The zero-order valence-corrected chi connectivity index (χ0v) is 15.5. The third-order valence-electron chi connectivity index (χ3n) is 4.85. The van der Waals surface area contributed by atoms with Crippen LogP contribution in [-0.4, -0.2) is 51.7 Å². The Morgan fingerprint density at radius 1 is 1.23 bits per heavy atom. The number of hydrogen-bond donors (Lipinski definition) is 0. The van der Waals surface area contributed by atoms with Crippen LogP contribution < -0.4 is 0 Å². The Morgan fingerprint density at radius 3 is 2.65 bits per heavy atom. The molecule has 1 aliphatic rings. The van der Waals surface area contributed by atoms with Gasteiger partial charge in [-0.05, 0) is 24.1 Å². The molecule has 1 fully saturated rings. The first-order chi connectivity index (χ1) is 12.6. The van der Waals surface area contributed by atoms with Crippen LogP contribution in [-0.2, 0) is 20.0 Å². The SMILES string of the molecule is CCCc1cc(C(=O)N2CCN(Cc3ccccc3C#N)CC2)n(C)n1. The van der Waals surface area contributed by atoms with Gasteiger partial charge in [-0.15, -0.1) is 0 Å². The molecule has 0 bridgehead atoms. The van der Waals surface area contributed by atoms with Gasteiger partial charge >= 0.3 is 0 Å². The van der Waals surface area contributed by atoms with Gasteiger partial charge in [0.15, 0.2) is 0 Å². The summed E-state index contributed by atoms with van der Waals surface area (Å²) in [7, 11) is 1.83. The highest BCUT2D eigenvalue weighted by Crippen LogP contribution is 2.15. The first-order valence-corrected chi connectivity index (χ1v) is 9.15. The molecular formula is C20H25N5O. The lowest BCUT2D eigenvalue weighted by atomic mass is 10.1. The molecule has 0 radical (unpaired) electrons. The molecule has 0 N–H and O–H groups in total. The first-order valence-electron chi connectivity index (χ1n) is 9.15. The van der Waals surface area contributed by atoms with Crippen molar-refractivity contribution in [3.8, 4) is 6.07 Å². The summed E-state index contributed by atoms with van der Waals surface area (Å²) in [6, 6.07) is 11.9. The quantitative estimate of drug-likeness (QED) is 0.828. The van der Waals surface area contributed by atoms with E-state index in [4.69, 9.17) is 0 Å². The fourth-order valence-corrected chi connectivity index (χ4v) is 3.38. The maximum absolute atomic E-state index is 12.8. The Labute approximate surface area is 154 Å². The summed E-state index contributed by atoms with van der Waals surface area (Å²) in [5.41, 5.74) is 3.41. The molecule has 6 heteroatoms. The van der Waals surface area contributed by atoms with Crippen LogP contribution in [0.15, 0.2) is 30.3 Å². The van der Waals surface area contributed by atoms with Gasteiger partial charge < -0.3 is 4.90 Å². The largest absolute Gasteiger partial charge is 0.335 e. The maximum atomic E-state index is 12.8. The highest BCUT2D eigenvalue weighted by atomic mass is 16.2. The predicted molar refractivity (Wildman–Crippen MR) is 99.5 cm³/mol. The molecule has 0 aliphatic carbocycles. The van der Waals surface area contributed by atoms with Crippen LogP contribution in [0.3, 0.4) is 0 Å². The van der Waals surface area contributed by atoms with E-state index >= 15 is 0 Å². The zero-order valence-electron chi connectivity index (χ0n) is 15.5. The van der Waals surface area contributed by atoms with Crippen molar-refractivity contribution in [2.75, 3.05) is 26.2 Å². The van der Waals surface area contributed by atoms with Crippen molar-refractivity contribution in [3.63, 3.8) is 0 Å². The molecule has 6 nitrogen and oxygen atoms in total. The minimum atomic E-state index is 0.0550. The van der Waals surface area contributed by atoms with Gasteiger partial charge in [-0.3, -0.25) is 14.4 Å². The van der Waals surface area contributed by atoms with Crippen LogP contribution in [0.2, 0.25) is 0 Å². The Kier molecular flexibility index (Phi) is 5.69. The highest BCUT2D eigenvalue weighted by Gasteiger charge is 2.25.